The van der Waals surface area contributed by atoms with E-state index in [2.05, 4.69) is 5.32 Å². The molecule has 12 heteroatoms. The lowest BCUT2D eigenvalue weighted by molar-refractivity contribution is -0.181. The van der Waals surface area contributed by atoms with Crippen LogP contribution in [0.5, 0.6) is 11.5 Å². The van der Waals surface area contributed by atoms with Gasteiger partial charge in [-0.15, -0.1) is 0 Å². The minimum atomic E-state index is -2.76. The molecule has 2 saturated carbocycles. The summed E-state index contributed by atoms with van der Waals surface area (Å²) in [7, 11) is 8.32. The summed E-state index contributed by atoms with van der Waals surface area (Å²) >= 11 is 0. The van der Waals surface area contributed by atoms with E-state index in [4.69, 9.17) is 10.5 Å². The number of hydrogen-bond donors (Lipinski definition) is 4. The zero-order valence-corrected chi connectivity index (χ0v) is 25.4. The summed E-state index contributed by atoms with van der Waals surface area (Å²) in [6.45, 7) is 0.648. The number of aromatic hydroxyl groups is 1. The molecule has 0 aromatic heterocycles. The van der Waals surface area contributed by atoms with E-state index in [1.54, 1.807) is 27.3 Å². The predicted octanol–water partition coefficient (Wildman–Crippen LogP) is 0.231. The maximum atomic E-state index is 14.2. The van der Waals surface area contributed by atoms with Gasteiger partial charge in [-0.25, -0.2) is 0 Å². The summed E-state index contributed by atoms with van der Waals surface area (Å²) < 4.78 is 5.27. The van der Waals surface area contributed by atoms with Crippen molar-refractivity contribution in [2.75, 3.05) is 40.2 Å². The van der Waals surface area contributed by atoms with E-state index >= 15 is 0 Å². The second-order valence-electron chi connectivity index (χ2n) is 12.4. The van der Waals surface area contributed by atoms with Gasteiger partial charge in [0.25, 0.3) is 0 Å². The number of fused-ring (bicyclic) bond motifs is 3. The van der Waals surface area contributed by atoms with E-state index in [-0.39, 0.29) is 30.7 Å². The molecule has 5 rings (SSSR count). The van der Waals surface area contributed by atoms with Crippen molar-refractivity contribution >= 4 is 34.7 Å². The second-order valence-corrected chi connectivity index (χ2v) is 12.4. The summed E-state index contributed by atoms with van der Waals surface area (Å²) in [5.41, 5.74) is 5.23. The number of Topliss-reactive ketones (excluding diaryl/α,β-unsaturated/α-hetero) is 4. The van der Waals surface area contributed by atoms with Crippen molar-refractivity contribution in [3.05, 3.63) is 52.6 Å². The average Bonchev–Trinajstić information content (AvgIpc) is 2.95. The number of nitrogens with one attached hydrogen (secondary N) is 1. The zero-order chi connectivity index (χ0) is 32.2. The number of phenolic OH excluding ortho intramolecular Hbond substituents is 1. The van der Waals surface area contributed by atoms with E-state index in [1.165, 1.54) is 4.90 Å². The van der Waals surface area contributed by atoms with Crippen molar-refractivity contribution in [2.24, 2.45) is 29.4 Å². The van der Waals surface area contributed by atoms with Gasteiger partial charge >= 0.3 is 0 Å². The van der Waals surface area contributed by atoms with Crippen LogP contribution in [0.15, 0.2) is 30.3 Å². The highest BCUT2D eigenvalue weighted by Crippen LogP contribution is 2.52. The van der Waals surface area contributed by atoms with Crippen LogP contribution >= 0.6 is 0 Å². The molecule has 0 spiro atoms. The first-order valence-electron chi connectivity index (χ1n) is 14.5. The number of benzene rings is 2. The Morgan fingerprint density at radius 1 is 1.09 bits per heavy atom. The zero-order valence-electron chi connectivity index (χ0n) is 25.4. The predicted molar refractivity (Wildman–Crippen MR) is 159 cm³/mol. The molecule has 0 aliphatic heterocycles. The molecule has 5 N–H and O–H groups in total. The topological polar surface area (TPSA) is 180 Å². The Hall–Kier alpha value is -4.13. The van der Waals surface area contributed by atoms with Crippen LogP contribution < -0.4 is 20.7 Å². The summed E-state index contributed by atoms with van der Waals surface area (Å²) in [5, 5.41) is 26.5. The number of hydrogen-bond acceptors (Lipinski definition) is 11. The number of methoxy groups -OCH3 is 1. The fourth-order valence-electron chi connectivity index (χ4n) is 7.36. The number of carbonyl (C=O) groups excluding carboxylic acids is 5. The van der Waals surface area contributed by atoms with Crippen LogP contribution in [-0.2, 0) is 38.7 Å². The third kappa shape index (κ3) is 4.77. The number of aliphatic hydroxyl groups is 1. The normalized spacial score (nSPS) is 27.9. The van der Waals surface area contributed by atoms with Crippen LogP contribution in [0.3, 0.4) is 0 Å². The second kappa shape index (κ2) is 11.4. The summed E-state index contributed by atoms with van der Waals surface area (Å²) in [6.07, 6.45) is 0.200. The lowest BCUT2D eigenvalue weighted by atomic mass is 9.52. The minimum absolute atomic E-state index is 0.00136. The molecule has 0 saturated heterocycles. The Balaban J connectivity index is 1.53. The Labute approximate surface area is 255 Å². The van der Waals surface area contributed by atoms with E-state index in [0.29, 0.717) is 29.1 Å². The Bertz CT molecular complexity index is 1570. The van der Waals surface area contributed by atoms with Crippen molar-refractivity contribution in [1.29, 1.82) is 0 Å². The van der Waals surface area contributed by atoms with Gasteiger partial charge in [0.1, 0.15) is 11.5 Å². The molecule has 2 aromatic carbocycles. The monoisotopic (exact) mass is 606 g/mol. The van der Waals surface area contributed by atoms with E-state index in [1.807, 2.05) is 43.3 Å². The van der Waals surface area contributed by atoms with E-state index in [9.17, 15) is 34.2 Å². The number of anilines is 1. The average molecular weight is 607 g/mol. The molecule has 6 atom stereocenters. The Morgan fingerprint density at radius 2 is 1.80 bits per heavy atom. The lowest BCUT2D eigenvalue weighted by Crippen LogP contribution is -2.74. The van der Waals surface area contributed by atoms with Gasteiger partial charge in [-0.1, -0.05) is 12.1 Å². The SMILES string of the molecule is COc1cccc(CNCc2cc(N(C)C)c3c(c2O)C(=O)C2C(=O)[C@]4(O)C(=O)C(C(N)=O)C(=O)C(N(C)C)[C@@H]4C[C@@H]2C3)c1. The molecule has 234 valence electrons. The first-order chi connectivity index (χ1) is 20.7. The molecule has 3 aliphatic rings. The number of likely N-dealkylation sites (N-methyl/N-ethyl adjacent to an activating group) is 1. The fourth-order valence-corrected chi connectivity index (χ4v) is 7.36. The molecule has 2 fully saturated rings. The van der Waals surface area contributed by atoms with Gasteiger partial charge in [0.05, 0.1) is 24.6 Å². The molecule has 44 heavy (non-hydrogen) atoms. The fraction of sp³-hybridized carbons (Fsp3) is 0.469. The summed E-state index contributed by atoms with van der Waals surface area (Å²) in [5.74, 6) is -9.91. The van der Waals surface area contributed by atoms with Gasteiger partial charge < -0.3 is 30.9 Å². The van der Waals surface area contributed by atoms with Crippen LogP contribution in [0.2, 0.25) is 0 Å². The van der Waals surface area contributed by atoms with Gasteiger partial charge in [0.15, 0.2) is 34.7 Å². The number of rotatable bonds is 8. The van der Waals surface area contributed by atoms with Crippen LogP contribution in [0.4, 0.5) is 5.69 Å². The molecule has 0 heterocycles. The highest BCUT2D eigenvalue weighted by Gasteiger charge is 2.69. The number of amides is 1. The largest absolute Gasteiger partial charge is 0.507 e. The van der Waals surface area contributed by atoms with E-state index in [0.717, 1.165) is 5.56 Å². The van der Waals surface area contributed by atoms with Crippen molar-refractivity contribution < 1.29 is 38.9 Å². The number of carbonyl (C=O) groups is 5. The molecular weight excluding hydrogens is 568 g/mol. The molecule has 0 bridgehead atoms. The third-order valence-electron chi connectivity index (χ3n) is 9.38. The van der Waals surface area contributed by atoms with Crippen molar-refractivity contribution in [1.82, 2.24) is 10.2 Å². The van der Waals surface area contributed by atoms with E-state index < -0.39 is 64.4 Å². The molecule has 1 amide bonds. The van der Waals surface area contributed by atoms with Crippen LogP contribution in [-0.4, -0.2) is 91.1 Å². The van der Waals surface area contributed by atoms with Gasteiger partial charge in [0.2, 0.25) is 5.91 Å². The molecule has 2 aromatic rings. The van der Waals surface area contributed by atoms with Crippen LogP contribution in [0.1, 0.15) is 33.5 Å². The van der Waals surface area contributed by atoms with Gasteiger partial charge in [0, 0.05) is 44.4 Å². The maximum absolute atomic E-state index is 14.2. The van der Waals surface area contributed by atoms with Crippen LogP contribution in [0, 0.1) is 23.7 Å². The Kier molecular flexibility index (Phi) is 8.12. The number of primary amides is 1. The smallest absolute Gasteiger partial charge is 0.235 e. The molecule has 0 radical (unpaired) electrons. The quantitative estimate of drug-likeness (QED) is 0.302. The van der Waals surface area contributed by atoms with Crippen molar-refractivity contribution in [2.45, 2.75) is 37.6 Å². The molecule has 3 aliphatic carbocycles. The molecular formula is C32H38N4O8. The number of nitrogens with zero attached hydrogens (tertiary/aromatic N) is 2. The highest BCUT2D eigenvalue weighted by molar-refractivity contribution is 6.32. The summed E-state index contributed by atoms with van der Waals surface area (Å²) in [6, 6.07) is 8.16. The first kappa shape index (κ1) is 31.3. The first-order valence-corrected chi connectivity index (χ1v) is 14.5. The number of nitrogens with two attached hydrogens (primary N) is 1. The molecule has 12 nitrogen and oxygen atoms in total. The van der Waals surface area contributed by atoms with Gasteiger partial charge in [-0.2, -0.15) is 0 Å². The standard InChI is InChI=1S/C32H38N4O8/c1-35(2)21-12-17(14-34-13-15-7-6-8-18(9-15)44-5)26(37)23-19(21)10-16-11-20-25(36(3)4)28(39)24(31(33)42)30(41)32(20,43)29(40)22(16)27(23)38/h6-9,12,16,20,22,24-25,34,37,43H,10-11,13-14H2,1-5H3,(H2,33,42)/t16-,20-,22?,24?,25?,32-/m0/s1. The highest BCUT2D eigenvalue weighted by atomic mass is 16.5. The lowest BCUT2D eigenvalue weighted by Gasteiger charge is -2.52. The van der Waals surface area contributed by atoms with Crippen LogP contribution in [0.25, 0.3) is 0 Å². The van der Waals surface area contributed by atoms with Gasteiger partial charge in [-0.05, 0) is 62.2 Å². The Morgan fingerprint density at radius 3 is 2.41 bits per heavy atom. The third-order valence-corrected chi connectivity index (χ3v) is 9.38. The number of ketones is 4. The van der Waals surface area contributed by atoms with Crippen molar-refractivity contribution in [3.8, 4) is 11.5 Å². The number of phenols is 1. The molecule has 3 unspecified atom stereocenters. The number of ether oxygens (including phenoxy) is 1. The summed E-state index contributed by atoms with van der Waals surface area (Å²) in [4.78, 5) is 70.5. The van der Waals surface area contributed by atoms with Gasteiger partial charge in [-0.3, -0.25) is 28.9 Å². The maximum Gasteiger partial charge on any atom is 0.235 e. The van der Waals surface area contributed by atoms with Crippen molar-refractivity contribution in [3.63, 3.8) is 0 Å². The minimum Gasteiger partial charge on any atom is -0.507 e.